The Hall–Kier alpha value is -1.15. The molecule has 29 heavy (non-hydrogen) atoms. The van der Waals surface area contributed by atoms with Crippen molar-refractivity contribution in [1.29, 1.82) is 0 Å². The number of hydrogen-bond donors (Lipinski definition) is 0. The lowest BCUT2D eigenvalue weighted by molar-refractivity contribution is -0.560. The number of alkyl halides is 12. The predicted octanol–water partition coefficient (Wildman–Crippen LogP) is 4.46. The smallest absolute Gasteiger partial charge is 0.309 e. The summed E-state index contributed by atoms with van der Waals surface area (Å²) in [6, 6.07) is 0. The lowest BCUT2D eigenvalue weighted by Crippen LogP contribution is -2.56. The highest BCUT2D eigenvalue weighted by Gasteiger charge is 2.73. The molecule has 0 radical (unpaired) electrons. The van der Waals surface area contributed by atoms with Gasteiger partial charge in [0.2, 0.25) is 0 Å². The van der Waals surface area contributed by atoms with Gasteiger partial charge in [-0.05, 0) is 11.4 Å². The summed E-state index contributed by atoms with van der Waals surface area (Å²) >= 11 is 0. The van der Waals surface area contributed by atoms with E-state index >= 15 is 0 Å². The molecular formula is C10H9F13O6. The van der Waals surface area contributed by atoms with Gasteiger partial charge in [0.25, 0.3) is 0 Å². The van der Waals surface area contributed by atoms with Crippen LogP contribution in [0.2, 0.25) is 0 Å². The fourth-order valence-corrected chi connectivity index (χ4v) is 1.03. The van der Waals surface area contributed by atoms with Gasteiger partial charge in [-0.2, -0.15) is 52.7 Å². The van der Waals surface area contributed by atoms with Crippen molar-refractivity contribution in [2.75, 3.05) is 19.8 Å². The predicted molar refractivity (Wildman–Crippen MR) is 57.6 cm³/mol. The first-order chi connectivity index (χ1) is 12.7. The van der Waals surface area contributed by atoms with Crippen LogP contribution in [0.15, 0.2) is 0 Å². The molecule has 0 aromatic carbocycles. The third-order valence-corrected chi connectivity index (χ3v) is 2.19. The van der Waals surface area contributed by atoms with Crippen LogP contribution in [-0.2, 0) is 28.9 Å². The normalized spacial score (nSPS) is 15.1. The van der Waals surface area contributed by atoms with Crippen LogP contribution < -0.4 is 0 Å². The van der Waals surface area contributed by atoms with Crippen LogP contribution in [0.25, 0.3) is 0 Å². The molecule has 0 unspecified atom stereocenters. The molecule has 0 aromatic rings. The van der Waals surface area contributed by atoms with E-state index < -0.39 is 49.9 Å². The van der Waals surface area contributed by atoms with Gasteiger partial charge < -0.3 is 4.74 Å². The van der Waals surface area contributed by atoms with E-state index in [-0.39, 0.29) is 6.61 Å². The minimum atomic E-state index is -6.98. The molecule has 0 amide bonds. The number of rotatable bonds is 14. The van der Waals surface area contributed by atoms with Crippen LogP contribution in [0, 0.1) is 0 Å². The molecule has 0 fully saturated rings. The van der Waals surface area contributed by atoms with Crippen LogP contribution in [-0.4, -0.2) is 56.5 Å². The molecule has 6 nitrogen and oxygen atoms in total. The summed E-state index contributed by atoms with van der Waals surface area (Å²) in [5, 5.41) is 0. The van der Waals surface area contributed by atoms with E-state index in [1.165, 1.54) is 11.9 Å². The van der Waals surface area contributed by atoms with E-state index in [4.69, 9.17) is 0 Å². The summed E-state index contributed by atoms with van der Waals surface area (Å²) < 4.78 is 172. The van der Waals surface area contributed by atoms with E-state index in [2.05, 4.69) is 19.2 Å². The Kier molecular flexibility index (Phi) is 8.96. The van der Waals surface area contributed by atoms with Crippen molar-refractivity contribution in [2.45, 2.75) is 43.6 Å². The fraction of sp³-hybridized carbons (Fsp3) is 1.00. The molecule has 19 heteroatoms. The molecule has 0 N–H and O–H groups in total. The Morgan fingerprint density at radius 3 is 1.45 bits per heavy atom. The van der Waals surface area contributed by atoms with Gasteiger partial charge in [-0.25, -0.2) is 19.2 Å². The summed E-state index contributed by atoms with van der Waals surface area (Å²) in [5.74, 6) is 0. The van der Waals surface area contributed by atoms with Crippen LogP contribution in [0.3, 0.4) is 0 Å². The molecular weight excluding hydrogens is 463 g/mol. The zero-order valence-corrected chi connectivity index (χ0v) is 13.5. The van der Waals surface area contributed by atoms with Crippen LogP contribution in [0.4, 0.5) is 57.2 Å². The second kappa shape index (κ2) is 9.33. The van der Waals surface area contributed by atoms with Crippen molar-refractivity contribution in [1.82, 2.24) is 0 Å². The quantitative estimate of drug-likeness (QED) is 0.161. The summed E-state index contributed by atoms with van der Waals surface area (Å²) in [7, 11) is 0. The second-order valence-corrected chi connectivity index (χ2v) is 4.58. The van der Waals surface area contributed by atoms with Gasteiger partial charge in [0.15, 0.2) is 6.61 Å². The summed E-state index contributed by atoms with van der Waals surface area (Å²) in [4.78, 5) is 8.92. The monoisotopic (exact) mass is 472 g/mol. The number of hydrogen-bond acceptors (Lipinski definition) is 6. The van der Waals surface area contributed by atoms with E-state index in [9.17, 15) is 57.2 Å². The highest BCUT2D eigenvalue weighted by molar-refractivity contribution is 4.75. The minimum Gasteiger partial charge on any atom is -0.309 e. The Morgan fingerprint density at radius 2 is 1.00 bits per heavy atom. The second-order valence-electron chi connectivity index (χ2n) is 4.58. The maximum Gasteiger partial charge on any atom is 0.478 e. The highest BCUT2D eigenvalue weighted by atomic mass is 19.4. The fourth-order valence-electron chi connectivity index (χ4n) is 1.03. The molecule has 0 aliphatic heterocycles. The van der Waals surface area contributed by atoms with Crippen molar-refractivity contribution < 1.29 is 86.1 Å². The first-order valence-corrected chi connectivity index (χ1v) is 6.59. The third kappa shape index (κ3) is 8.24. The molecule has 0 rings (SSSR count). The first-order valence-electron chi connectivity index (χ1n) is 6.59. The number of halogens is 13. The average molecular weight is 472 g/mol. The molecule has 0 saturated carbocycles. The van der Waals surface area contributed by atoms with Gasteiger partial charge in [-0.3, -0.25) is 0 Å². The molecule has 0 aliphatic carbocycles. The molecule has 0 spiro atoms. The first kappa shape index (κ1) is 27.8. The maximum absolute atomic E-state index is 13.1. The maximum atomic E-state index is 13.1. The topological polar surface area (TPSA) is 55.4 Å². The van der Waals surface area contributed by atoms with E-state index in [0.717, 1.165) is 0 Å². The van der Waals surface area contributed by atoms with Crippen molar-refractivity contribution in [2.24, 2.45) is 0 Å². The summed E-state index contributed by atoms with van der Waals surface area (Å²) in [6.07, 6.45) is -37.6. The zero-order chi connectivity index (χ0) is 23.4. The van der Waals surface area contributed by atoms with Gasteiger partial charge in [0.1, 0.15) is 6.61 Å². The zero-order valence-electron chi connectivity index (χ0n) is 13.5. The SMILES string of the molecule is CCOOCC(F)(F)OCC(F)(F)OC(F)(F)C(F)(F)OC(F)(F)C(F)(F)OF. The largest absolute Gasteiger partial charge is 0.478 e. The van der Waals surface area contributed by atoms with Crippen LogP contribution in [0.5, 0.6) is 0 Å². The van der Waals surface area contributed by atoms with Gasteiger partial charge in [0.05, 0.1) is 6.61 Å². The minimum absolute atomic E-state index is 0.298. The summed E-state index contributed by atoms with van der Waals surface area (Å²) in [5.41, 5.74) is 0. The van der Waals surface area contributed by atoms with Gasteiger partial charge >= 0.3 is 36.7 Å². The van der Waals surface area contributed by atoms with Crippen molar-refractivity contribution >= 4 is 0 Å². The molecule has 0 heterocycles. The number of ether oxygens (including phenoxy) is 3. The lowest BCUT2D eigenvalue weighted by atomic mass is 10.5. The molecule has 0 atom stereocenters. The Labute approximate surface area is 151 Å². The average Bonchev–Trinajstić information content (AvgIpc) is 2.51. The molecule has 0 aliphatic rings. The summed E-state index contributed by atoms with van der Waals surface area (Å²) in [6.45, 7) is -3.82. The molecule has 0 bridgehead atoms. The Morgan fingerprint density at radius 1 is 0.552 bits per heavy atom. The third-order valence-electron chi connectivity index (χ3n) is 2.19. The Balaban J connectivity index is 5.15. The Bertz CT molecular complexity index is 514. The van der Waals surface area contributed by atoms with Crippen molar-refractivity contribution in [3.8, 4) is 0 Å². The van der Waals surface area contributed by atoms with Gasteiger partial charge in [-0.15, -0.1) is 4.94 Å². The van der Waals surface area contributed by atoms with E-state index in [1.54, 1.807) is 4.74 Å². The van der Waals surface area contributed by atoms with Crippen molar-refractivity contribution in [3.63, 3.8) is 0 Å². The molecule has 176 valence electrons. The van der Waals surface area contributed by atoms with E-state index in [0.29, 0.717) is 0 Å². The van der Waals surface area contributed by atoms with Crippen molar-refractivity contribution in [3.05, 3.63) is 0 Å². The highest BCUT2D eigenvalue weighted by Crippen LogP contribution is 2.47. The van der Waals surface area contributed by atoms with E-state index in [1.807, 2.05) is 0 Å². The molecule has 0 aromatic heterocycles. The lowest BCUT2D eigenvalue weighted by Gasteiger charge is -2.32. The standard InChI is InChI=1S/C10H9F13O6/c1-2-25-26-4-5(11,12)24-3-6(13,14)27-7(15,16)8(17,18)28-9(19,20)10(21,22)29-23/h2-4H2,1H3. The molecule has 0 saturated heterocycles. The van der Waals surface area contributed by atoms with Crippen LogP contribution in [0.1, 0.15) is 6.92 Å². The van der Waals surface area contributed by atoms with Gasteiger partial charge in [-0.1, -0.05) is 0 Å². The van der Waals surface area contributed by atoms with Gasteiger partial charge in [0, 0.05) is 0 Å². The van der Waals surface area contributed by atoms with Crippen LogP contribution >= 0.6 is 0 Å².